The molecular weight excluding hydrogens is 166 g/mol. The van der Waals surface area contributed by atoms with Crippen molar-refractivity contribution in [3.63, 3.8) is 0 Å². The van der Waals surface area contributed by atoms with Crippen LogP contribution in [0.15, 0.2) is 21.7 Å². The standard InChI is InChI=1S/C7H8ClNO2/c1-2-10-9-5-6-3-4-7(8)11-6/h3-5H,2H2,1H3/b9-5+. The van der Waals surface area contributed by atoms with Crippen molar-refractivity contribution in [3.8, 4) is 0 Å². The number of furan rings is 1. The van der Waals surface area contributed by atoms with Crippen LogP contribution in [0.25, 0.3) is 0 Å². The summed E-state index contributed by atoms with van der Waals surface area (Å²) >= 11 is 5.50. The molecule has 0 saturated carbocycles. The maximum absolute atomic E-state index is 5.50. The first-order valence-electron chi connectivity index (χ1n) is 3.23. The Morgan fingerprint density at radius 3 is 3.09 bits per heavy atom. The monoisotopic (exact) mass is 173 g/mol. The van der Waals surface area contributed by atoms with E-state index in [1.165, 1.54) is 6.21 Å². The average molecular weight is 174 g/mol. The smallest absolute Gasteiger partial charge is 0.193 e. The van der Waals surface area contributed by atoms with Crippen LogP contribution in [0.5, 0.6) is 0 Å². The van der Waals surface area contributed by atoms with E-state index in [1.54, 1.807) is 12.1 Å². The molecule has 0 amide bonds. The SMILES string of the molecule is CCO/N=C/c1ccc(Cl)o1. The van der Waals surface area contributed by atoms with E-state index in [-0.39, 0.29) is 0 Å². The van der Waals surface area contributed by atoms with Crippen LogP contribution >= 0.6 is 11.6 Å². The molecule has 60 valence electrons. The first-order valence-corrected chi connectivity index (χ1v) is 3.61. The Balaban J connectivity index is 2.50. The molecule has 3 nitrogen and oxygen atoms in total. The fourth-order valence-electron chi connectivity index (χ4n) is 0.561. The van der Waals surface area contributed by atoms with Crippen LogP contribution in [0.2, 0.25) is 5.22 Å². The highest BCUT2D eigenvalue weighted by Crippen LogP contribution is 2.10. The number of halogens is 1. The van der Waals surface area contributed by atoms with Crippen LogP contribution < -0.4 is 0 Å². The first kappa shape index (κ1) is 8.14. The van der Waals surface area contributed by atoms with Gasteiger partial charge in [-0.3, -0.25) is 0 Å². The van der Waals surface area contributed by atoms with Crippen LogP contribution in [0.1, 0.15) is 12.7 Å². The summed E-state index contributed by atoms with van der Waals surface area (Å²) in [5.74, 6) is 0.587. The summed E-state index contributed by atoms with van der Waals surface area (Å²) in [4.78, 5) is 4.71. The van der Waals surface area contributed by atoms with E-state index in [0.29, 0.717) is 17.6 Å². The third-order valence-electron chi connectivity index (χ3n) is 0.978. The molecule has 1 aromatic heterocycles. The number of rotatable bonds is 3. The molecule has 1 aromatic rings. The molecule has 0 aliphatic carbocycles. The maximum Gasteiger partial charge on any atom is 0.193 e. The van der Waals surface area contributed by atoms with Crippen molar-refractivity contribution < 1.29 is 9.25 Å². The van der Waals surface area contributed by atoms with Crippen molar-refractivity contribution in [1.29, 1.82) is 0 Å². The van der Waals surface area contributed by atoms with Gasteiger partial charge in [0, 0.05) is 0 Å². The van der Waals surface area contributed by atoms with Gasteiger partial charge in [0.25, 0.3) is 0 Å². The normalized spacial score (nSPS) is 10.7. The summed E-state index contributed by atoms with van der Waals surface area (Å²) < 4.78 is 4.97. The van der Waals surface area contributed by atoms with Crippen LogP contribution in [0, 0.1) is 0 Å². The predicted molar refractivity (Wildman–Crippen MR) is 42.9 cm³/mol. The lowest BCUT2D eigenvalue weighted by Gasteiger charge is -1.87. The molecule has 11 heavy (non-hydrogen) atoms. The molecule has 1 heterocycles. The first-order chi connectivity index (χ1) is 5.33. The van der Waals surface area contributed by atoms with E-state index in [2.05, 4.69) is 5.16 Å². The molecule has 0 fully saturated rings. The number of nitrogens with zero attached hydrogens (tertiary/aromatic N) is 1. The fourth-order valence-corrected chi connectivity index (χ4v) is 0.713. The van der Waals surface area contributed by atoms with Gasteiger partial charge in [0.15, 0.2) is 11.0 Å². The van der Waals surface area contributed by atoms with Crippen molar-refractivity contribution in [1.82, 2.24) is 0 Å². The lowest BCUT2D eigenvalue weighted by molar-refractivity contribution is 0.160. The van der Waals surface area contributed by atoms with E-state index >= 15 is 0 Å². The van der Waals surface area contributed by atoms with Crippen molar-refractivity contribution in [2.24, 2.45) is 5.16 Å². The van der Waals surface area contributed by atoms with E-state index in [1.807, 2.05) is 6.92 Å². The Morgan fingerprint density at radius 1 is 1.73 bits per heavy atom. The lowest BCUT2D eigenvalue weighted by atomic mass is 10.5. The fraction of sp³-hybridized carbons (Fsp3) is 0.286. The molecular formula is C7H8ClNO2. The summed E-state index contributed by atoms with van der Waals surface area (Å²) in [6.07, 6.45) is 1.47. The minimum absolute atomic E-state index is 0.350. The summed E-state index contributed by atoms with van der Waals surface area (Å²) in [5.41, 5.74) is 0. The third kappa shape index (κ3) is 2.63. The van der Waals surface area contributed by atoms with Crippen molar-refractivity contribution in [2.75, 3.05) is 6.61 Å². The van der Waals surface area contributed by atoms with Gasteiger partial charge in [-0.05, 0) is 30.7 Å². The molecule has 0 aliphatic rings. The second-order valence-electron chi connectivity index (χ2n) is 1.79. The molecule has 0 saturated heterocycles. The molecule has 0 aromatic carbocycles. The Kier molecular flexibility index (Phi) is 2.98. The zero-order valence-corrected chi connectivity index (χ0v) is 6.84. The second kappa shape index (κ2) is 4.03. The van der Waals surface area contributed by atoms with Gasteiger partial charge in [-0.1, -0.05) is 5.16 Å². The van der Waals surface area contributed by atoms with Gasteiger partial charge in [0.05, 0.1) is 0 Å². The van der Waals surface area contributed by atoms with E-state index in [4.69, 9.17) is 20.9 Å². The van der Waals surface area contributed by atoms with Crippen LogP contribution in [-0.2, 0) is 4.84 Å². The largest absolute Gasteiger partial charge is 0.444 e. The molecule has 0 N–H and O–H groups in total. The number of hydrogen-bond donors (Lipinski definition) is 0. The number of oxime groups is 1. The Labute approximate surface area is 69.6 Å². The quantitative estimate of drug-likeness (QED) is 0.519. The van der Waals surface area contributed by atoms with E-state index in [9.17, 15) is 0 Å². The van der Waals surface area contributed by atoms with Gasteiger partial charge in [0.1, 0.15) is 12.8 Å². The van der Waals surface area contributed by atoms with Crippen LogP contribution in [-0.4, -0.2) is 12.8 Å². The minimum Gasteiger partial charge on any atom is -0.444 e. The van der Waals surface area contributed by atoms with Crippen molar-refractivity contribution >= 4 is 17.8 Å². The topological polar surface area (TPSA) is 34.7 Å². The van der Waals surface area contributed by atoms with Crippen molar-refractivity contribution in [3.05, 3.63) is 23.1 Å². The average Bonchev–Trinajstić information content (AvgIpc) is 2.37. The summed E-state index contributed by atoms with van der Waals surface area (Å²) in [5, 5.41) is 3.95. The van der Waals surface area contributed by atoms with E-state index in [0.717, 1.165) is 0 Å². The van der Waals surface area contributed by atoms with Gasteiger partial charge in [-0.2, -0.15) is 0 Å². The van der Waals surface area contributed by atoms with Gasteiger partial charge >= 0.3 is 0 Å². The van der Waals surface area contributed by atoms with Gasteiger partial charge in [-0.15, -0.1) is 0 Å². The van der Waals surface area contributed by atoms with Crippen LogP contribution in [0.3, 0.4) is 0 Å². The molecule has 0 spiro atoms. The zero-order valence-electron chi connectivity index (χ0n) is 6.08. The van der Waals surface area contributed by atoms with E-state index < -0.39 is 0 Å². The maximum atomic E-state index is 5.50. The summed E-state index contributed by atoms with van der Waals surface area (Å²) in [6, 6.07) is 3.36. The molecule has 0 aliphatic heterocycles. The molecule has 0 unspecified atom stereocenters. The highest BCUT2D eigenvalue weighted by molar-refractivity contribution is 6.28. The zero-order chi connectivity index (χ0) is 8.10. The Hall–Kier alpha value is -0.960. The van der Waals surface area contributed by atoms with Gasteiger partial charge < -0.3 is 9.25 Å². The van der Waals surface area contributed by atoms with Crippen LogP contribution in [0.4, 0.5) is 0 Å². The molecule has 1 rings (SSSR count). The highest BCUT2D eigenvalue weighted by atomic mass is 35.5. The van der Waals surface area contributed by atoms with Crippen molar-refractivity contribution in [2.45, 2.75) is 6.92 Å². The lowest BCUT2D eigenvalue weighted by Crippen LogP contribution is -1.80. The third-order valence-corrected chi connectivity index (χ3v) is 1.18. The molecule has 4 heteroatoms. The minimum atomic E-state index is 0.350. The summed E-state index contributed by atoms with van der Waals surface area (Å²) in [6.45, 7) is 2.40. The Morgan fingerprint density at radius 2 is 2.55 bits per heavy atom. The predicted octanol–water partition coefficient (Wildman–Crippen LogP) is 2.30. The highest BCUT2D eigenvalue weighted by Gasteiger charge is 1.93. The van der Waals surface area contributed by atoms with Gasteiger partial charge in [0.2, 0.25) is 0 Å². The Bertz CT molecular complexity index is 244. The molecule has 0 bridgehead atoms. The molecule has 0 atom stereocenters. The summed E-state index contributed by atoms with van der Waals surface area (Å²) in [7, 11) is 0. The van der Waals surface area contributed by atoms with Gasteiger partial charge in [-0.25, -0.2) is 0 Å². The molecule has 0 radical (unpaired) electrons. The second-order valence-corrected chi connectivity index (χ2v) is 2.17. The number of hydrogen-bond acceptors (Lipinski definition) is 3.